The molecule has 1 N–H and O–H groups in total. The van der Waals surface area contributed by atoms with Crippen LogP contribution in [0.15, 0.2) is 66.7 Å². The van der Waals surface area contributed by atoms with E-state index < -0.39 is 29.5 Å². The molecular weight excluding hydrogens is 488 g/mol. The van der Waals surface area contributed by atoms with Crippen molar-refractivity contribution in [1.29, 1.82) is 0 Å². The second-order valence-electron chi connectivity index (χ2n) is 8.02. The fourth-order valence-corrected chi connectivity index (χ4v) is 4.33. The number of carbonyl (C=O) groups is 2. The van der Waals surface area contributed by atoms with Crippen LogP contribution in [0.2, 0.25) is 0 Å². The summed E-state index contributed by atoms with van der Waals surface area (Å²) in [5, 5.41) is 2.86. The van der Waals surface area contributed by atoms with Gasteiger partial charge in [-0.3, -0.25) is 14.5 Å². The van der Waals surface area contributed by atoms with Gasteiger partial charge in [0.15, 0.2) is 16.6 Å². The Morgan fingerprint density at radius 3 is 2.17 bits per heavy atom. The standard InChI is InChI=1S/C26H23F2N3O4S/c1-34-22-12-3-16(13-23(22)35-2)15-30-21(14-24(32)29-19-8-4-17(27)5-9-19)25(33)31(26(30)36)20-10-6-18(28)7-11-20/h3-13,21H,14-15H2,1-2H3,(H,29,32). The lowest BCUT2D eigenvalue weighted by Crippen LogP contribution is -2.37. The number of benzene rings is 3. The van der Waals surface area contributed by atoms with E-state index in [1.54, 1.807) is 17.0 Å². The van der Waals surface area contributed by atoms with E-state index >= 15 is 0 Å². The zero-order valence-electron chi connectivity index (χ0n) is 19.5. The number of rotatable bonds is 8. The lowest BCUT2D eigenvalue weighted by atomic mass is 10.1. The van der Waals surface area contributed by atoms with Gasteiger partial charge in [0.2, 0.25) is 5.91 Å². The van der Waals surface area contributed by atoms with Crippen LogP contribution in [0.4, 0.5) is 20.2 Å². The van der Waals surface area contributed by atoms with Gasteiger partial charge in [0.05, 0.1) is 26.3 Å². The maximum absolute atomic E-state index is 13.5. The average Bonchev–Trinajstić information content (AvgIpc) is 3.09. The molecule has 10 heteroatoms. The number of thiocarbonyl (C=S) groups is 1. The second kappa shape index (κ2) is 10.7. The first-order chi connectivity index (χ1) is 17.3. The number of hydrogen-bond acceptors (Lipinski definition) is 5. The molecule has 3 aromatic rings. The first-order valence-corrected chi connectivity index (χ1v) is 11.4. The van der Waals surface area contributed by atoms with Gasteiger partial charge in [-0.1, -0.05) is 6.07 Å². The predicted molar refractivity (Wildman–Crippen MR) is 135 cm³/mol. The van der Waals surface area contributed by atoms with Crippen LogP contribution in [-0.2, 0) is 16.1 Å². The van der Waals surface area contributed by atoms with Gasteiger partial charge in [-0.05, 0) is 78.4 Å². The van der Waals surface area contributed by atoms with Gasteiger partial charge in [0.1, 0.15) is 17.7 Å². The molecule has 0 saturated carbocycles. The Bertz CT molecular complexity index is 1290. The van der Waals surface area contributed by atoms with Crippen molar-refractivity contribution in [1.82, 2.24) is 4.90 Å². The lowest BCUT2D eigenvalue weighted by Gasteiger charge is -2.24. The predicted octanol–water partition coefficient (Wildman–Crippen LogP) is 4.51. The Hall–Kier alpha value is -4.05. The zero-order chi connectivity index (χ0) is 25.8. The van der Waals surface area contributed by atoms with E-state index in [9.17, 15) is 18.4 Å². The molecule has 3 aromatic carbocycles. The van der Waals surface area contributed by atoms with Crippen LogP contribution >= 0.6 is 12.2 Å². The van der Waals surface area contributed by atoms with Crippen molar-refractivity contribution in [3.63, 3.8) is 0 Å². The van der Waals surface area contributed by atoms with Crippen LogP contribution in [0.5, 0.6) is 11.5 Å². The van der Waals surface area contributed by atoms with Crippen LogP contribution in [0, 0.1) is 11.6 Å². The third-order valence-corrected chi connectivity index (χ3v) is 6.13. The van der Waals surface area contributed by atoms with Crippen molar-refractivity contribution >= 4 is 40.5 Å². The van der Waals surface area contributed by atoms with E-state index in [-0.39, 0.29) is 18.1 Å². The Morgan fingerprint density at radius 2 is 1.56 bits per heavy atom. The van der Waals surface area contributed by atoms with Gasteiger partial charge in [0.25, 0.3) is 5.91 Å². The first kappa shape index (κ1) is 25.1. The molecule has 1 aliphatic heterocycles. The minimum absolute atomic E-state index is 0.181. The van der Waals surface area contributed by atoms with Crippen molar-refractivity contribution < 1.29 is 27.8 Å². The van der Waals surface area contributed by atoms with E-state index in [0.29, 0.717) is 22.9 Å². The monoisotopic (exact) mass is 511 g/mol. The van der Waals surface area contributed by atoms with Crippen molar-refractivity contribution in [2.75, 3.05) is 24.4 Å². The van der Waals surface area contributed by atoms with Crippen LogP contribution in [-0.4, -0.2) is 42.1 Å². The van der Waals surface area contributed by atoms with Crippen LogP contribution in [0.1, 0.15) is 12.0 Å². The van der Waals surface area contributed by atoms with Gasteiger partial charge in [0, 0.05) is 12.2 Å². The fraction of sp³-hybridized carbons (Fsp3) is 0.192. The van der Waals surface area contributed by atoms with Crippen molar-refractivity contribution in [2.45, 2.75) is 19.0 Å². The normalized spacial score (nSPS) is 15.3. The summed E-state index contributed by atoms with van der Waals surface area (Å²) in [5.41, 5.74) is 1.56. The molecule has 186 valence electrons. The summed E-state index contributed by atoms with van der Waals surface area (Å²) in [6.07, 6.45) is -0.207. The third-order valence-electron chi connectivity index (χ3n) is 5.71. The van der Waals surface area contributed by atoms with Crippen molar-refractivity contribution in [3.8, 4) is 11.5 Å². The number of carbonyl (C=O) groups excluding carboxylic acids is 2. The number of nitrogens with one attached hydrogen (secondary N) is 1. The minimum Gasteiger partial charge on any atom is -0.493 e. The Kier molecular flexibility index (Phi) is 7.44. The highest BCUT2D eigenvalue weighted by Crippen LogP contribution is 2.32. The molecule has 1 atom stereocenters. The summed E-state index contributed by atoms with van der Waals surface area (Å²) in [5.74, 6) is -0.687. The molecule has 4 rings (SSSR count). The van der Waals surface area contributed by atoms with Gasteiger partial charge in [-0.2, -0.15) is 0 Å². The number of amides is 2. The largest absolute Gasteiger partial charge is 0.493 e. The smallest absolute Gasteiger partial charge is 0.256 e. The van der Waals surface area contributed by atoms with Gasteiger partial charge >= 0.3 is 0 Å². The molecule has 1 unspecified atom stereocenters. The van der Waals surface area contributed by atoms with Crippen molar-refractivity contribution in [2.24, 2.45) is 0 Å². The highest BCUT2D eigenvalue weighted by molar-refractivity contribution is 7.80. The number of halogens is 2. The first-order valence-electron chi connectivity index (χ1n) is 11.0. The summed E-state index contributed by atoms with van der Waals surface area (Å²) in [6.45, 7) is 0.205. The topological polar surface area (TPSA) is 71.1 Å². The Balaban J connectivity index is 1.62. The van der Waals surface area contributed by atoms with Gasteiger partial charge < -0.3 is 19.7 Å². The maximum atomic E-state index is 13.5. The summed E-state index contributed by atoms with van der Waals surface area (Å²) < 4.78 is 37.4. The van der Waals surface area contributed by atoms with E-state index in [1.165, 1.54) is 67.7 Å². The molecule has 0 aromatic heterocycles. The van der Waals surface area contributed by atoms with E-state index in [1.807, 2.05) is 6.07 Å². The third kappa shape index (κ3) is 5.28. The summed E-state index contributed by atoms with van der Waals surface area (Å²) in [7, 11) is 3.05. The molecule has 1 aliphatic rings. The minimum atomic E-state index is -0.920. The number of methoxy groups -OCH3 is 2. The molecule has 36 heavy (non-hydrogen) atoms. The molecule has 1 saturated heterocycles. The molecular formula is C26H23F2N3O4S. The fourth-order valence-electron chi connectivity index (χ4n) is 3.94. The second-order valence-corrected chi connectivity index (χ2v) is 8.39. The highest BCUT2D eigenvalue weighted by Gasteiger charge is 2.44. The van der Waals surface area contributed by atoms with Crippen LogP contribution in [0.3, 0.4) is 0 Å². The molecule has 0 bridgehead atoms. The highest BCUT2D eigenvalue weighted by atomic mass is 32.1. The molecule has 2 amide bonds. The average molecular weight is 512 g/mol. The molecule has 0 spiro atoms. The van der Waals surface area contributed by atoms with Gasteiger partial charge in [-0.15, -0.1) is 0 Å². The number of anilines is 2. The quantitative estimate of drug-likeness (QED) is 0.449. The van der Waals surface area contributed by atoms with Crippen LogP contribution < -0.4 is 19.7 Å². The molecule has 1 heterocycles. The summed E-state index contributed by atoms with van der Waals surface area (Å²) >= 11 is 5.64. The van der Waals surface area contributed by atoms with Gasteiger partial charge in [-0.25, -0.2) is 8.78 Å². The van der Waals surface area contributed by atoms with Crippen LogP contribution in [0.25, 0.3) is 0 Å². The van der Waals surface area contributed by atoms with E-state index in [4.69, 9.17) is 21.7 Å². The molecule has 7 nitrogen and oxygen atoms in total. The van der Waals surface area contributed by atoms with E-state index in [0.717, 1.165) is 5.56 Å². The zero-order valence-corrected chi connectivity index (χ0v) is 20.4. The number of nitrogens with zero attached hydrogens (tertiary/aromatic N) is 2. The Morgan fingerprint density at radius 1 is 0.944 bits per heavy atom. The SMILES string of the molecule is COc1ccc(CN2C(=S)N(c3ccc(F)cc3)C(=O)C2CC(=O)Nc2ccc(F)cc2)cc1OC. The number of hydrogen-bond donors (Lipinski definition) is 1. The molecule has 1 fully saturated rings. The summed E-state index contributed by atoms with van der Waals surface area (Å²) in [4.78, 5) is 29.3. The van der Waals surface area contributed by atoms with Crippen molar-refractivity contribution in [3.05, 3.63) is 83.9 Å². The molecule has 0 radical (unpaired) electrons. The van der Waals surface area contributed by atoms with E-state index in [2.05, 4.69) is 5.32 Å². The summed E-state index contributed by atoms with van der Waals surface area (Å²) in [6, 6.07) is 15.1. The molecule has 0 aliphatic carbocycles. The lowest BCUT2D eigenvalue weighted by molar-refractivity contribution is -0.124. The maximum Gasteiger partial charge on any atom is 0.256 e. The number of ether oxygens (including phenoxy) is 2. The Labute approximate surface area is 212 Å².